The van der Waals surface area contributed by atoms with E-state index in [0.29, 0.717) is 31.4 Å². The van der Waals surface area contributed by atoms with Gasteiger partial charge in [-0.2, -0.15) is 0 Å². The summed E-state index contributed by atoms with van der Waals surface area (Å²) in [6.07, 6.45) is 1.48. The van der Waals surface area contributed by atoms with Crippen LogP contribution in [0.3, 0.4) is 0 Å². The third-order valence-electron chi connectivity index (χ3n) is 5.16. The molecular weight excluding hydrogens is 460 g/mol. The van der Waals surface area contributed by atoms with Crippen molar-refractivity contribution in [2.75, 3.05) is 7.11 Å². The Kier molecular flexibility index (Phi) is 6.54. The van der Waals surface area contributed by atoms with Crippen LogP contribution in [0.25, 0.3) is 6.08 Å². The Labute approximate surface area is 200 Å². The fraction of sp³-hybridized carbons (Fsp3) is 0.240. The van der Waals surface area contributed by atoms with E-state index < -0.39 is 12.0 Å². The fourth-order valence-corrected chi connectivity index (χ4v) is 4.95. The SMILES string of the molecule is COc1ccc([C@H]2C(C(=O)OC(C)C)=C(C)N=c3s/c(=C\c4cccc(Cl)c4)c(=O)n32)cc1. The molecule has 33 heavy (non-hydrogen) atoms. The molecule has 2 aromatic carbocycles. The summed E-state index contributed by atoms with van der Waals surface area (Å²) in [7, 11) is 1.59. The first-order valence-electron chi connectivity index (χ1n) is 10.4. The van der Waals surface area contributed by atoms with Crippen LogP contribution in [0, 0.1) is 0 Å². The Morgan fingerprint density at radius 2 is 1.94 bits per heavy atom. The number of fused-ring (bicyclic) bond motifs is 1. The van der Waals surface area contributed by atoms with Crippen molar-refractivity contribution >= 4 is 35.0 Å². The number of ether oxygens (including phenoxy) is 2. The molecule has 1 aliphatic rings. The van der Waals surface area contributed by atoms with E-state index in [4.69, 9.17) is 21.1 Å². The summed E-state index contributed by atoms with van der Waals surface area (Å²) in [6.45, 7) is 5.34. The number of allylic oxidation sites excluding steroid dienone is 1. The van der Waals surface area contributed by atoms with Crippen LogP contribution in [0.1, 0.15) is 37.9 Å². The number of rotatable bonds is 5. The first kappa shape index (κ1) is 23.0. The molecule has 0 saturated heterocycles. The number of nitrogens with zero attached hydrogens (tertiary/aromatic N) is 2. The summed E-state index contributed by atoms with van der Waals surface area (Å²) in [5.74, 6) is 0.190. The second-order valence-electron chi connectivity index (χ2n) is 7.86. The molecule has 0 radical (unpaired) electrons. The Morgan fingerprint density at radius 3 is 2.58 bits per heavy atom. The first-order chi connectivity index (χ1) is 15.8. The molecular formula is C25H23ClN2O4S. The summed E-state index contributed by atoms with van der Waals surface area (Å²) >= 11 is 7.38. The number of benzene rings is 2. The van der Waals surface area contributed by atoms with Gasteiger partial charge in [0.25, 0.3) is 5.56 Å². The molecule has 170 valence electrons. The molecule has 1 aliphatic heterocycles. The van der Waals surface area contributed by atoms with Gasteiger partial charge in [0.15, 0.2) is 4.80 Å². The minimum absolute atomic E-state index is 0.234. The lowest BCUT2D eigenvalue weighted by molar-refractivity contribution is -0.143. The second kappa shape index (κ2) is 9.37. The van der Waals surface area contributed by atoms with Crippen LogP contribution in [0.4, 0.5) is 0 Å². The van der Waals surface area contributed by atoms with Crippen molar-refractivity contribution in [2.24, 2.45) is 4.99 Å². The van der Waals surface area contributed by atoms with Gasteiger partial charge in [-0.25, -0.2) is 9.79 Å². The summed E-state index contributed by atoms with van der Waals surface area (Å²) in [5, 5.41) is 0.585. The van der Waals surface area contributed by atoms with E-state index in [2.05, 4.69) is 4.99 Å². The summed E-state index contributed by atoms with van der Waals surface area (Å²) < 4.78 is 12.8. The molecule has 0 saturated carbocycles. The topological polar surface area (TPSA) is 69.9 Å². The number of hydrogen-bond acceptors (Lipinski definition) is 6. The number of methoxy groups -OCH3 is 1. The van der Waals surface area contributed by atoms with Gasteiger partial charge in [-0.15, -0.1) is 0 Å². The van der Waals surface area contributed by atoms with Crippen molar-refractivity contribution in [3.8, 4) is 5.75 Å². The molecule has 0 N–H and O–H groups in total. The smallest absolute Gasteiger partial charge is 0.338 e. The normalized spacial score (nSPS) is 15.9. The quantitative estimate of drug-likeness (QED) is 0.518. The van der Waals surface area contributed by atoms with Crippen LogP contribution < -0.4 is 19.6 Å². The second-order valence-corrected chi connectivity index (χ2v) is 9.31. The highest BCUT2D eigenvalue weighted by atomic mass is 35.5. The average molecular weight is 483 g/mol. The van der Waals surface area contributed by atoms with E-state index in [-0.39, 0.29) is 11.7 Å². The van der Waals surface area contributed by atoms with Gasteiger partial charge >= 0.3 is 5.97 Å². The molecule has 0 unspecified atom stereocenters. The average Bonchev–Trinajstić information content (AvgIpc) is 3.07. The molecule has 0 spiro atoms. The summed E-state index contributed by atoms with van der Waals surface area (Å²) in [6, 6.07) is 13.9. The fourth-order valence-electron chi connectivity index (χ4n) is 3.71. The lowest BCUT2D eigenvalue weighted by Crippen LogP contribution is -2.40. The molecule has 8 heteroatoms. The largest absolute Gasteiger partial charge is 0.497 e. The van der Waals surface area contributed by atoms with E-state index in [0.717, 1.165) is 11.1 Å². The van der Waals surface area contributed by atoms with Crippen LogP contribution in [-0.4, -0.2) is 23.8 Å². The minimum atomic E-state index is -0.667. The van der Waals surface area contributed by atoms with E-state index in [1.165, 1.54) is 11.3 Å². The molecule has 1 aromatic heterocycles. The number of esters is 1. The number of thiazole rings is 1. The van der Waals surface area contributed by atoms with Crippen molar-refractivity contribution in [1.29, 1.82) is 0 Å². The zero-order valence-corrected chi connectivity index (χ0v) is 20.2. The Morgan fingerprint density at radius 1 is 1.21 bits per heavy atom. The number of carbonyl (C=O) groups is 1. The molecule has 0 fully saturated rings. The first-order valence-corrected chi connectivity index (χ1v) is 11.6. The number of carbonyl (C=O) groups excluding carboxylic acids is 1. The van der Waals surface area contributed by atoms with E-state index >= 15 is 0 Å². The van der Waals surface area contributed by atoms with E-state index in [1.54, 1.807) is 62.8 Å². The van der Waals surface area contributed by atoms with Crippen LogP contribution >= 0.6 is 22.9 Å². The van der Waals surface area contributed by atoms with Gasteiger partial charge in [-0.3, -0.25) is 9.36 Å². The highest BCUT2D eigenvalue weighted by Gasteiger charge is 2.33. The van der Waals surface area contributed by atoms with Gasteiger partial charge in [0.1, 0.15) is 5.75 Å². The third-order valence-corrected chi connectivity index (χ3v) is 6.38. The molecule has 1 atom stereocenters. The predicted octanol–water partition coefficient (Wildman–Crippen LogP) is 3.85. The number of hydrogen-bond donors (Lipinski definition) is 0. The third kappa shape index (κ3) is 4.65. The van der Waals surface area contributed by atoms with Gasteiger partial charge < -0.3 is 9.47 Å². The Bertz CT molecular complexity index is 1420. The van der Waals surface area contributed by atoms with Gasteiger partial charge in [-0.05, 0) is 62.2 Å². The van der Waals surface area contributed by atoms with Gasteiger partial charge in [0, 0.05) is 5.02 Å². The number of aromatic nitrogens is 1. The highest BCUT2D eigenvalue weighted by molar-refractivity contribution is 7.07. The van der Waals surface area contributed by atoms with Crippen LogP contribution in [-0.2, 0) is 9.53 Å². The van der Waals surface area contributed by atoms with Gasteiger partial charge in [0.05, 0.1) is 35.1 Å². The lowest BCUT2D eigenvalue weighted by Gasteiger charge is -2.25. The van der Waals surface area contributed by atoms with Crippen molar-refractivity contribution in [2.45, 2.75) is 32.9 Å². The maximum absolute atomic E-state index is 13.6. The molecule has 6 nitrogen and oxygen atoms in total. The van der Waals surface area contributed by atoms with Crippen molar-refractivity contribution in [1.82, 2.24) is 4.57 Å². The van der Waals surface area contributed by atoms with Crippen LogP contribution in [0.5, 0.6) is 5.75 Å². The monoisotopic (exact) mass is 482 g/mol. The maximum atomic E-state index is 13.6. The molecule has 0 amide bonds. The van der Waals surface area contributed by atoms with Gasteiger partial charge in [-0.1, -0.05) is 47.2 Å². The summed E-state index contributed by atoms with van der Waals surface area (Å²) in [5.41, 5.74) is 2.20. The lowest BCUT2D eigenvalue weighted by atomic mass is 9.96. The van der Waals surface area contributed by atoms with E-state index in [9.17, 15) is 9.59 Å². The van der Waals surface area contributed by atoms with Gasteiger partial charge in [0.2, 0.25) is 0 Å². The molecule has 3 aromatic rings. The van der Waals surface area contributed by atoms with Crippen molar-refractivity contribution in [3.05, 3.63) is 95.6 Å². The van der Waals surface area contributed by atoms with Crippen molar-refractivity contribution in [3.63, 3.8) is 0 Å². The van der Waals surface area contributed by atoms with Crippen molar-refractivity contribution < 1.29 is 14.3 Å². The standard InChI is InChI=1S/C25H23ClN2O4S/c1-14(2)32-24(30)21-15(3)27-25-28(22(21)17-8-10-19(31-4)11-9-17)23(29)20(33-25)13-16-6-5-7-18(26)12-16/h5-14,22H,1-4H3/b20-13-/t22-/m0/s1. The Hall–Kier alpha value is -3.16. The molecule has 0 aliphatic carbocycles. The zero-order chi connectivity index (χ0) is 23.7. The predicted molar refractivity (Wildman–Crippen MR) is 129 cm³/mol. The molecule has 2 heterocycles. The van der Waals surface area contributed by atoms with Crippen LogP contribution in [0.15, 0.2) is 69.6 Å². The molecule has 4 rings (SSSR count). The van der Waals surface area contributed by atoms with Crippen LogP contribution in [0.2, 0.25) is 5.02 Å². The molecule has 0 bridgehead atoms. The highest BCUT2D eigenvalue weighted by Crippen LogP contribution is 2.31. The maximum Gasteiger partial charge on any atom is 0.338 e. The zero-order valence-electron chi connectivity index (χ0n) is 18.7. The summed E-state index contributed by atoms with van der Waals surface area (Å²) in [4.78, 5) is 31.8. The van der Waals surface area contributed by atoms with E-state index in [1.807, 2.05) is 24.3 Å². The minimum Gasteiger partial charge on any atom is -0.497 e. The Balaban J connectivity index is 1.94. The number of halogens is 1.